The van der Waals surface area contributed by atoms with E-state index in [4.69, 9.17) is 9.47 Å². The SMILES string of the molecule is COc1cc([N+](=O)[O-])ccc1N1C[C@@H](C(=O)OCC(=O)Nc2cc(C)cc(C)c2)CC1=O. The molecule has 1 atom stereocenters. The van der Waals surface area contributed by atoms with Crippen molar-refractivity contribution in [3.63, 3.8) is 0 Å². The first-order valence-electron chi connectivity index (χ1n) is 9.85. The van der Waals surface area contributed by atoms with E-state index in [0.717, 1.165) is 11.1 Å². The highest BCUT2D eigenvalue weighted by Crippen LogP contribution is 2.36. The molecule has 1 N–H and O–H groups in total. The van der Waals surface area contributed by atoms with Gasteiger partial charge in [-0.3, -0.25) is 24.5 Å². The zero-order valence-electron chi connectivity index (χ0n) is 17.9. The van der Waals surface area contributed by atoms with Crippen LogP contribution in [-0.2, 0) is 19.1 Å². The highest BCUT2D eigenvalue weighted by molar-refractivity contribution is 6.01. The summed E-state index contributed by atoms with van der Waals surface area (Å²) in [6, 6.07) is 9.45. The first-order chi connectivity index (χ1) is 15.2. The van der Waals surface area contributed by atoms with Crippen molar-refractivity contribution in [2.75, 3.05) is 30.5 Å². The summed E-state index contributed by atoms with van der Waals surface area (Å²) in [5.74, 6) is -2.12. The molecule has 0 saturated carbocycles. The van der Waals surface area contributed by atoms with Crippen LogP contribution in [0.2, 0.25) is 0 Å². The van der Waals surface area contributed by atoms with Gasteiger partial charge in [0.25, 0.3) is 11.6 Å². The number of non-ortho nitro benzene ring substituents is 1. The van der Waals surface area contributed by atoms with Gasteiger partial charge in [-0.1, -0.05) is 6.07 Å². The lowest BCUT2D eigenvalue weighted by atomic mass is 10.1. The Morgan fingerprint density at radius 1 is 1.19 bits per heavy atom. The van der Waals surface area contributed by atoms with Crippen LogP contribution >= 0.6 is 0 Å². The highest BCUT2D eigenvalue weighted by atomic mass is 16.6. The van der Waals surface area contributed by atoms with Crippen LogP contribution in [-0.4, -0.2) is 43.0 Å². The number of esters is 1. The second kappa shape index (κ2) is 9.46. The quantitative estimate of drug-likeness (QED) is 0.397. The fraction of sp³-hybridized carbons (Fsp3) is 0.318. The topological polar surface area (TPSA) is 128 Å². The predicted octanol–water partition coefficient (Wildman–Crippen LogP) is 2.76. The Kier molecular flexibility index (Phi) is 6.72. The Morgan fingerprint density at radius 2 is 1.88 bits per heavy atom. The summed E-state index contributed by atoms with van der Waals surface area (Å²) in [4.78, 5) is 48.7. The number of hydrogen-bond acceptors (Lipinski definition) is 7. The van der Waals surface area contributed by atoms with E-state index in [1.807, 2.05) is 19.9 Å². The minimum Gasteiger partial charge on any atom is -0.494 e. The molecule has 1 fully saturated rings. The number of benzene rings is 2. The van der Waals surface area contributed by atoms with E-state index in [1.165, 1.54) is 30.2 Å². The molecule has 2 aromatic rings. The lowest BCUT2D eigenvalue weighted by Gasteiger charge is -2.19. The maximum Gasteiger partial charge on any atom is 0.311 e. The van der Waals surface area contributed by atoms with Gasteiger partial charge in [0.1, 0.15) is 5.75 Å². The van der Waals surface area contributed by atoms with E-state index >= 15 is 0 Å². The summed E-state index contributed by atoms with van der Waals surface area (Å²) in [7, 11) is 1.34. The van der Waals surface area contributed by atoms with Crippen molar-refractivity contribution >= 4 is 34.8 Å². The minimum atomic E-state index is -0.767. The van der Waals surface area contributed by atoms with Gasteiger partial charge in [-0.05, 0) is 43.2 Å². The number of anilines is 2. The molecule has 1 aliphatic rings. The molecule has 32 heavy (non-hydrogen) atoms. The fourth-order valence-electron chi connectivity index (χ4n) is 3.60. The van der Waals surface area contributed by atoms with E-state index < -0.39 is 29.3 Å². The van der Waals surface area contributed by atoms with Gasteiger partial charge in [0.15, 0.2) is 6.61 Å². The molecule has 0 aliphatic carbocycles. The first-order valence-corrected chi connectivity index (χ1v) is 9.85. The summed E-state index contributed by atoms with van der Waals surface area (Å²) in [5, 5.41) is 13.6. The van der Waals surface area contributed by atoms with Crippen LogP contribution in [0.15, 0.2) is 36.4 Å². The van der Waals surface area contributed by atoms with Gasteiger partial charge < -0.3 is 19.7 Å². The smallest absolute Gasteiger partial charge is 0.311 e. The molecule has 3 rings (SSSR count). The van der Waals surface area contributed by atoms with Crippen molar-refractivity contribution in [1.82, 2.24) is 0 Å². The zero-order chi connectivity index (χ0) is 23.4. The molecule has 10 nitrogen and oxygen atoms in total. The maximum absolute atomic E-state index is 12.5. The number of nitro benzene ring substituents is 1. The van der Waals surface area contributed by atoms with Crippen LogP contribution in [0, 0.1) is 29.9 Å². The number of amides is 2. The van der Waals surface area contributed by atoms with Gasteiger partial charge in [0, 0.05) is 24.7 Å². The molecule has 0 radical (unpaired) electrons. The second-order valence-corrected chi connectivity index (χ2v) is 7.55. The van der Waals surface area contributed by atoms with Crippen LogP contribution in [0.3, 0.4) is 0 Å². The molecular formula is C22H23N3O7. The number of aryl methyl sites for hydroxylation is 2. The van der Waals surface area contributed by atoms with E-state index in [9.17, 15) is 24.5 Å². The summed E-state index contributed by atoms with van der Waals surface area (Å²) < 4.78 is 10.3. The summed E-state index contributed by atoms with van der Waals surface area (Å²) in [5.41, 5.74) is 2.73. The van der Waals surface area contributed by atoms with Crippen molar-refractivity contribution in [2.24, 2.45) is 5.92 Å². The number of nitrogens with zero attached hydrogens (tertiary/aromatic N) is 2. The van der Waals surface area contributed by atoms with Gasteiger partial charge in [-0.25, -0.2) is 0 Å². The number of nitro groups is 1. The van der Waals surface area contributed by atoms with E-state index in [2.05, 4.69) is 5.32 Å². The largest absolute Gasteiger partial charge is 0.494 e. The molecule has 1 heterocycles. The van der Waals surface area contributed by atoms with E-state index in [0.29, 0.717) is 11.4 Å². The molecule has 0 aromatic heterocycles. The lowest BCUT2D eigenvalue weighted by molar-refractivity contribution is -0.384. The Hall–Kier alpha value is -3.95. The van der Waals surface area contributed by atoms with Crippen molar-refractivity contribution in [2.45, 2.75) is 20.3 Å². The van der Waals surface area contributed by atoms with E-state index in [-0.39, 0.29) is 30.3 Å². The molecule has 2 aromatic carbocycles. The molecule has 0 bridgehead atoms. The van der Waals surface area contributed by atoms with E-state index in [1.54, 1.807) is 12.1 Å². The third kappa shape index (κ3) is 5.20. The second-order valence-electron chi connectivity index (χ2n) is 7.55. The van der Waals surface area contributed by atoms with Gasteiger partial charge in [-0.15, -0.1) is 0 Å². The molecule has 0 spiro atoms. The van der Waals surface area contributed by atoms with Crippen molar-refractivity contribution in [3.05, 3.63) is 57.6 Å². The summed E-state index contributed by atoms with van der Waals surface area (Å²) in [6.07, 6.45) is -0.0995. The number of rotatable bonds is 7. The third-order valence-electron chi connectivity index (χ3n) is 4.97. The van der Waals surface area contributed by atoms with Gasteiger partial charge in [-0.2, -0.15) is 0 Å². The Labute approximate surface area is 184 Å². The van der Waals surface area contributed by atoms with Crippen molar-refractivity contribution < 1.29 is 28.8 Å². The number of hydrogen-bond donors (Lipinski definition) is 1. The van der Waals surface area contributed by atoms with Crippen LogP contribution in [0.4, 0.5) is 17.1 Å². The number of carbonyl (C=O) groups excluding carboxylic acids is 3. The van der Waals surface area contributed by atoms with Gasteiger partial charge in [0.05, 0.1) is 29.7 Å². The normalized spacial score (nSPS) is 15.4. The lowest BCUT2D eigenvalue weighted by Crippen LogP contribution is -2.28. The van der Waals surface area contributed by atoms with Crippen LogP contribution in [0.25, 0.3) is 0 Å². The number of nitrogens with one attached hydrogen (secondary N) is 1. The first kappa shape index (κ1) is 22.7. The Balaban J connectivity index is 1.60. The molecular weight excluding hydrogens is 418 g/mol. The van der Waals surface area contributed by atoms with Crippen molar-refractivity contribution in [1.29, 1.82) is 0 Å². The molecule has 2 amide bonds. The molecule has 168 valence electrons. The number of ether oxygens (including phenoxy) is 2. The standard InChI is InChI=1S/C22H23N3O7/c1-13-6-14(2)8-16(7-13)23-20(26)12-32-22(28)15-9-21(27)24(11-15)18-5-4-17(25(29)30)10-19(18)31-3/h4-8,10,15H,9,11-12H2,1-3H3,(H,23,26)/t15-/m0/s1. The summed E-state index contributed by atoms with van der Waals surface area (Å²) in [6.45, 7) is 3.36. The molecule has 1 aliphatic heterocycles. The third-order valence-corrected chi connectivity index (χ3v) is 4.97. The van der Waals surface area contributed by atoms with Crippen molar-refractivity contribution in [3.8, 4) is 5.75 Å². The Morgan fingerprint density at radius 3 is 2.50 bits per heavy atom. The monoisotopic (exact) mass is 441 g/mol. The maximum atomic E-state index is 12.5. The number of methoxy groups -OCH3 is 1. The average Bonchev–Trinajstić information content (AvgIpc) is 3.12. The van der Waals surface area contributed by atoms with Crippen LogP contribution in [0.1, 0.15) is 17.5 Å². The fourth-order valence-corrected chi connectivity index (χ4v) is 3.60. The number of carbonyl (C=O) groups is 3. The van der Waals surface area contributed by atoms with Gasteiger partial charge >= 0.3 is 5.97 Å². The highest BCUT2D eigenvalue weighted by Gasteiger charge is 2.37. The van der Waals surface area contributed by atoms with Crippen LogP contribution < -0.4 is 15.0 Å². The Bertz CT molecular complexity index is 1060. The molecule has 1 saturated heterocycles. The molecule has 10 heteroatoms. The zero-order valence-corrected chi connectivity index (χ0v) is 17.9. The predicted molar refractivity (Wildman–Crippen MR) is 116 cm³/mol. The molecule has 0 unspecified atom stereocenters. The van der Waals surface area contributed by atoms with Gasteiger partial charge in [0.2, 0.25) is 5.91 Å². The van der Waals surface area contributed by atoms with Crippen LogP contribution in [0.5, 0.6) is 5.75 Å². The minimum absolute atomic E-state index is 0.0184. The average molecular weight is 441 g/mol. The summed E-state index contributed by atoms with van der Waals surface area (Å²) >= 11 is 0.